The first-order chi connectivity index (χ1) is 7.57. The highest BCUT2D eigenvalue weighted by Crippen LogP contribution is 2.19. The standard InChI is InChI=1S/C11H14BrN3O/c1-4-5-13-7-10(16)11-9(12)6-14-15(11)8(2)3/h1,6,8,13H,5,7H2,2-3H3. The van der Waals surface area contributed by atoms with Crippen molar-refractivity contribution in [1.29, 1.82) is 0 Å². The van der Waals surface area contributed by atoms with Crippen molar-refractivity contribution in [3.8, 4) is 12.3 Å². The molecule has 0 aliphatic heterocycles. The molecule has 0 amide bonds. The SMILES string of the molecule is C#CCNCC(=O)c1c(Br)cnn1C(C)C. The predicted octanol–water partition coefficient (Wildman–Crippen LogP) is 1.63. The number of hydrogen-bond donors (Lipinski definition) is 1. The molecular weight excluding hydrogens is 270 g/mol. The molecule has 5 heteroatoms. The minimum Gasteiger partial charge on any atom is -0.299 e. The number of carbonyl (C=O) groups is 1. The highest BCUT2D eigenvalue weighted by Gasteiger charge is 2.17. The molecule has 0 radical (unpaired) electrons. The molecule has 0 atom stereocenters. The first-order valence-electron chi connectivity index (χ1n) is 4.98. The number of hydrogen-bond acceptors (Lipinski definition) is 3. The van der Waals surface area contributed by atoms with Crippen LogP contribution in [-0.2, 0) is 0 Å². The highest BCUT2D eigenvalue weighted by atomic mass is 79.9. The Balaban J connectivity index is 2.82. The third kappa shape index (κ3) is 2.94. The van der Waals surface area contributed by atoms with Crippen molar-refractivity contribution >= 4 is 21.7 Å². The Morgan fingerprint density at radius 1 is 1.75 bits per heavy atom. The van der Waals surface area contributed by atoms with Gasteiger partial charge in [0.05, 0.1) is 23.8 Å². The summed E-state index contributed by atoms with van der Waals surface area (Å²) in [5.41, 5.74) is 0.583. The van der Waals surface area contributed by atoms with Gasteiger partial charge in [-0.25, -0.2) is 0 Å². The topological polar surface area (TPSA) is 46.9 Å². The Morgan fingerprint density at radius 3 is 3.00 bits per heavy atom. The van der Waals surface area contributed by atoms with E-state index in [-0.39, 0.29) is 18.4 Å². The third-order valence-electron chi connectivity index (χ3n) is 2.02. The smallest absolute Gasteiger partial charge is 0.195 e. The molecule has 0 unspecified atom stereocenters. The van der Waals surface area contributed by atoms with Gasteiger partial charge in [0.2, 0.25) is 0 Å². The fraction of sp³-hybridized carbons (Fsp3) is 0.455. The fourth-order valence-electron chi connectivity index (χ4n) is 1.33. The van der Waals surface area contributed by atoms with Crippen molar-refractivity contribution < 1.29 is 4.79 Å². The van der Waals surface area contributed by atoms with E-state index in [0.717, 1.165) is 0 Å². The number of halogens is 1. The van der Waals surface area contributed by atoms with Crippen molar-refractivity contribution in [2.24, 2.45) is 0 Å². The second-order valence-corrected chi connectivity index (χ2v) is 4.46. The van der Waals surface area contributed by atoms with Gasteiger partial charge in [0.15, 0.2) is 5.78 Å². The Labute approximate surface area is 104 Å². The van der Waals surface area contributed by atoms with Crippen LogP contribution in [0.15, 0.2) is 10.7 Å². The van der Waals surface area contributed by atoms with Crippen molar-refractivity contribution in [3.05, 3.63) is 16.4 Å². The Bertz CT molecular complexity index is 417. The number of rotatable bonds is 5. The van der Waals surface area contributed by atoms with Gasteiger partial charge in [-0.05, 0) is 29.8 Å². The summed E-state index contributed by atoms with van der Waals surface area (Å²) >= 11 is 3.32. The van der Waals surface area contributed by atoms with Gasteiger partial charge < -0.3 is 0 Å². The molecule has 1 aromatic heterocycles. The molecule has 1 heterocycles. The molecule has 0 aliphatic carbocycles. The summed E-state index contributed by atoms with van der Waals surface area (Å²) in [7, 11) is 0. The van der Waals surface area contributed by atoms with E-state index in [1.54, 1.807) is 10.9 Å². The molecule has 0 spiro atoms. The molecular formula is C11H14BrN3O. The zero-order valence-electron chi connectivity index (χ0n) is 9.33. The van der Waals surface area contributed by atoms with Crippen LogP contribution in [0.5, 0.6) is 0 Å². The average molecular weight is 284 g/mol. The summed E-state index contributed by atoms with van der Waals surface area (Å²) in [6.45, 7) is 4.57. The van der Waals surface area contributed by atoms with E-state index in [4.69, 9.17) is 6.42 Å². The number of ketones is 1. The van der Waals surface area contributed by atoms with Crippen LogP contribution in [0.4, 0.5) is 0 Å². The number of carbonyl (C=O) groups excluding carboxylic acids is 1. The molecule has 86 valence electrons. The van der Waals surface area contributed by atoms with Gasteiger partial charge in [-0.1, -0.05) is 5.92 Å². The first-order valence-corrected chi connectivity index (χ1v) is 5.77. The third-order valence-corrected chi connectivity index (χ3v) is 2.60. The van der Waals surface area contributed by atoms with E-state index in [2.05, 4.69) is 32.3 Å². The Morgan fingerprint density at radius 2 is 2.44 bits per heavy atom. The zero-order chi connectivity index (χ0) is 12.1. The maximum Gasteiger partial charge on any atom is 0.195 e. The summed E-state index contributed by atoms with van der Waals surface area (Å²) in [4.78, 5) is 11.9. The van der Waals surface area contributed by atoms with E-state index in [1.165, 1.54) is 0 Å². The van der Waals surface area contributed by atoms with Gasteiger partial charge >= 0.3 is 0 Å². The molecule has 1 rings (SSSR count). The predicted molar refractivity (Wildman–Crippen MR) is 66.3 cm³/mol. The van der Waals surface area contributed by atoms with Crippen LogP contribution in [0.2, 0.25) is 0 Å². The lowest BCUT2D eigenvalue weighted by atomic mass is 10.2. The van der Waals surface area contributed by atoms with E-state index >= 15 is 0 Å². The van der Waals surface area contributed by atoms with Crippen LogP contribution >= 0.6 is 15.9 Å². The van der Waals surface area contributed by atoms with Crippen LogP contribution in [0.1, 0.15) is 30.4 Å². The second-order valence-electron chi connectivity index (χ2n) is 3.61. The molecule has 0 saturated carbocycles. The Hall–Kier alpha value is -1.12. The number of terminal acetylenes is 1. The molecule has 4 nitrogen and oxygen atoms in total. The molecule has 0 fully saturated rings. The van der Waals surface area contributed by atoms with E-state index in [1.807, 2.05) is 13.8 Å². The molecule has 1 aromatic rings. The summed E-state index contributed by atoms with van der Waals surface area (Å²) < 4.78 is 2.41. The maximum absolute atomic E-state index is 11.9. The van der Waals surface area contributed by atoms with E-state index in [9.17, 15) is 4.79 Å². The van der Waals surface area contributed by atoms with Crippen molar-refractivity contribution in [2.45, 2.75) is 19.9 Å². The zero-order valence-corrected chi connectivity index (χ0v) is 10.9. The van der Waals surface area contributed by atoms with Gasteiger partial charge in [0.1, 0.15) is 5.69 Å². The number of nitrogens with one attached hydrogen (secondary N) is 1. The van der Waals surface area contributed by atoms with Crippen molar-refractivity contribution in [1.82, 2.24) is 15.1 Å². The monoisotopic (exact) mass is 283 g/mol. The second kappa shape index (κ2) is 5.83. The fourth-order valence-corrected chi connectivity index (χ4v) is 1.82. The van der Waals surface area contributed by atoms with E-state index < -0.39 is 0 Å². The van der Waals surface area contributed by atoms with Gasteiger partial charge in [-0.3, -0.25) is 14.8 Å². The number of Topliss-reactive ketones (excluding diaryl/α,β-unsaturated/α-hetero) is 1. The Kier molecular flexibility index (Phi) is 4.71. The van der Waals surface area contributed by atoms with E-state index in [0.29, 0.717) is 16.7 Å². The maximum atomic E-state index is 11.9. The number of nitrogens with zero attached hydrogens (tertiary/aromatic N) is 2. The molecule has 16 heavy (non-hydrogen) atoms. The summed E-state index contributed by atoms with van der Waals surface area (Å²) in [5, 5.41) is 7.01. The number of aromatic nitrogens is 2. The molecule has 0 bridgehead atoms. The summed E-state index contributed by atoms with van der Waals surface area (Å²) in [6.07, 6.45) is 6.72. The minimum atomic E-state index is -0.0201. The average Bonchev–Trinajstić information content (AvgIpc) is 2.60. The van der Waals surface area contributed by atoms with Crippen molar-refractivity contribution in [2.75, 3.05) is 13.1 Å². The quantitative estimate of drug-likeness (QED) is 0.508. The van der Waals surface area contributed by atoms with Crippen molar-refractivity contribution in [3.63, 3.8) is 0 Å². The molecule has 1 N–H and O–H groups in total. The van der Waals surface area contributed by atoms with Crippen LogP contribution < -0.4 is 5.32 Å². The first kappa shape index (κ1) is 12.9. The summed E-state index contributed by atoms with van der Waals surface area (Å²) in [5.74, 6) is 2.40. The van der Waals surface area contributed by atoms with Gasteiger partial charge in [-0.2, -0.15) is 5.10 Å². The minimum absolute atomic E-state index is 0.0201. The lowest BCUT2D eigenvalue weighted by Crippen LogP contribution is -2.26. The van der Waals surface area contributed by atoms with Crippen LogP contribution in [0, 0.1) is 12.3 Å². The molecule has 0 aromatic carbocycles. The van der Waals surface area contributed by atoms with Crippen LogP contribution in [0.3, 0.4) is 0 Å². The molecule has 0 saturated heterocycles. The lowest BCUT2D eigenvalue weighted by molar-refractivity contribution is 0.0979. The summed E-state index contributed by atoms with van der Waals surface area (Å²) in [6, 6.07) is 0.151. The molecule has 0 aliphatic rings. The lowest BCUT2D eigenvalue weighted by Gasteiger charge is -2.10. The van der Waals surface area contributed by atoms with Crippen LogP contribution in [-0.4, -0.2) is 28.7 Å². The van der Waals surface area contributed by atoms with Gasteiger partial charge in [0.25, 0.3) is 0 Å². The van der Waals surface area contributed by atoms with Crippen LogP contribution in [0.25, 0.3) is 0 Å². The van der Waals surface area contributed by atoms with Gasteiger partial charge in [0, 0.05) is 6.04 Å². The largest absolute Gasteiger partial charge is 0.299 e. The highest BCUT2D eigenvalue weighted by molar-refractivity contribution is 9.10. The van der Waals surface area contributed by atoms with Gasteiger partial charge in [-0.15, -0.1) is 6.42 Å². The normalized spacial score (nSPS) is 10.4.